The Kier molecular flexibility index (Phi) is 3.45. The Labute approximate surface area is 141 Å². The van der Waals surface area contributed by atoms with Crippen molar-refractivity contribution in [3.8, 4) is 0 Å². The fourth-order valence-corrected chi connectivity index (χ4v) is 5.38. The molecule has 2 aromatic carbocycles. The minimum absolute atomic E-state index is 0.498. The van der Waals surface area contributed by atoms with E-state index in [0.29, 0.717) is 0 Å². The molecule has 0 nitrogen and oxygen atoms in total. The van der Waals surface area contributed by atoms with Gasteiger partial charge in [0.2, 0.25) is 0 Å². The van der Waals surface area contributed by atoms with Crippen molar-refractivity contribution < 1.29 is 17.4 Å². The van der Waals surface area contributed by atoms with Gasteiger partial charge in [0.15, 0.2) is 0 Å². The van der Waals surface area contributed by atoms with Gasteiger partial charge in [0.1, 0.15) is 0 Å². The van der Waals surface area contributed by atoms with Gasteiger partial charge in [0, 0.05) is 0 Å². The molecule has 2 aromatic rings. The average Bonchev–Trinajstić information content (AvgIpc) is 3.15. The molecule has 22 heavy (non-hydrogen) atoms. The van der Waals surface area contributed by atoms with Gasteiger partial charge in [-0.1, -0.05) is 0 Å². The van der Waals surface area contributed by atoms with Crippen LogP contribution in [0, 0.1) is 15.3 Å². The fraction of sp³-hybridized carbons (Fsp3) is 0.150. The third-order valence-electron chi connectivity index (χ3n) is 4.55. The van der Waals surface area contributed by atoms with Crippen molar-refractivity contribution >= 4 is 18.3 Å². The number of hydrogen-bond acceptors (Lipinski definition) is 0. The Morgan fingerprint density at radius 1 is 0.909 bits per heavy atom. The van der Waals surface area contributed by atoms with Crippen LogP contribution in [-0.4, -0.2) is 8.41 Å². The normalized spacial score (nSPS) is 14.8. The third kappa shape index (κ3) is 2.00. The molecular weight excluding hydrogens is 319 g/mol. The van der Waals surface area contributed by atoms with Crippen LogP contribution in [0.15, 0.2) is 54.6 Å². The van der Waals surface area contributed by atoms with Crippen LogP contribution in [0.1, 0.15) is 17.5 Å². The number of allylic oxidation sites excluding steroid dienone is 4. The standard InChI is InChI=1S/C20H17Si.V/c1-21(2)19-12-11-17-16-10-6-5-9-15(16)13-18(17)20(19)14-7-3-4-8-14;/h3-7,9-12H,8H2,1-2H3;. The van der Waals surface area contributed by atoms with Crippen LogP contribution >= 0.6 is 0 Å². The van der Waals surface area contributed by atoms with Gasteiger partial charge in [0.05, 0.1) is 0 Å². The van der Waals surface area contributed by atoms with Gasteiger partial charge >= 0.3 is 141 Å². The summed E-state index contributed by atoms with van der Waals surface area (Å²) in [7, 11) is -0.498. The zero-order valence-corrected chi connectivity index (χ0v) is 15.2. The summed E-state index contributed by atoms with van der Waals surface area (Å²) in [6, 6.07) is 13.5. The SMILES string of the molecule is C[Si](C)=c1ccc2c(c1C1=CC=CC1)[C]([V])=c1ccccc1=2. The summed E-state index contributed by atoms with van der Waals surface area (Å²) >= 11 is 2.83. The summed E-state index contributed by atoms with van der Waals surface area (Å²) in [4.78, 5) is 1.56. The molecule has 0 fully saturated rings. The first-order valence-electron chi connectivity index (χ1n) is 7.68. The van der Waals surface area contributed by atoms with E-state index in [1.807, 2.05) is 0 Å². The number of rotatable bonds is 1. The predicted octanol–water partition coefficient (Wildman–Crippen LogP) is 3.92. The maximum absolute atomic E-state index is 2.83. The first-order valence-corrected chi connectivity index (χ1v) is 10.9. The van der Waals surface area contributed by atoms with Crippen LogP contribution < -0.4 is 5.22 Å². The molecule has 2 aliphatic rings. The van der Waals surface area contributed by atoms with Gasteiger partial charge in [-0.25, -0.2) is 0 Å². The molecule has 0 radical (unpaired) electrons. The Hall–Kier alpha value is -1.41. The van der Waals surface area contributed by atoms with E-state index in [9.17, 15) is 0 Å². The summed E-state index contributed by atoms with van der Waals surface area (Å²) < 4.78 is 1.38. The Balaban J connectivity index is 2.25. The monoisotopic (exact) mass is 336 g/mol. The van der Waals surface area contributed by atoms with Crippen LogP contribution in [-0.2, 0) is 17.4 Å². The predicted molar refractivity (Wildman–Crippen MR) is 90.7 cm³/mol. The van der Waals surface area contributed by atoms with Crippen LogP contribution in [0.25, 0.3) is 9.86 Å². The van der Waals surface area contributed by atoms with Gasteiger partial charge in [-0.2, -0.15) is 0 Å². The van der Waals surface area contributed by atoms with Crippen molar-refractivity contribution in [3.63, 3.8) is 0 Å². The first-order chi connectivity index (χ1) is 10.7. The van der Waals surface area contributed by atoms with Gasteiger partial charge in [-0.05, 0) is 0 Å². The van der Waals surface area contributed by atoms with Crippen molar-refractivity contribution in [2.75, 3.05) is 0 Å². The van der Waals surface area contributed by atoms with E-state index in [4.69, 9.17) is 0 Å². The topological polar surface area (TPSA) is 0 Å². The molecule has 0 amide bonds. The molecule has 0 spiro atoms. The quantitative estimate of drug-likeness (QED) is 0.693. The van der Waals surface area contributed by atoms with Crippen LogP contribution in [0.2, 0.25) is 13.1 Å². The molecule has 0 unspecified atom stereocenters. The molecule has 2 heteroatoms. The average molecular weight is 336 g/mol. The molecule has 0 atom stereocenters. The molecule has 0 heterocycles. The number of benzene rings is 2. The molecule has 0 saturated carbocycles. The van der Waals surface area contributed by atoms with Gasteiger partial charge < -0.3 is 0 Å². The van der Waals surface area contributed by atoms with E-state index >= 15 is 0 Å². The van der Waals surface area contributed by atoms with E-state index in [0.717, 1.165) is 6.42 Å². The fourth-order valence-electron chi connectivity index (χ4n) is 3.52. The van der Waals surface area contributed by atoms with E-state index in [2.05, 4.69) is 85.1 Å². The van der Waals surface area contributed by atoms with E-state index in [-0.39, 0.29) is 0 Å². The molecule has 0 N–H and O–H groups in total. The zero-order valence-electron chi connectivity index (χ0n) is 12.9. The van der Waals surface area contributed by atoms with Crippen LogP contribution in [0.3, 0.4) is 0 Å². The molecule has 0 aliphatic heterocycles. The second-order valence-corrected chi connectivity index (χ2v) is 9.37. The number of hydrogen-bond donors (Lipinski definition) is 0. The Morgan fingerprint density at radius 2 is 1.68 bits per heavy atom. The number of fused-ring (bicyclic) bond motifs is 2. The van der Waals surface area contributed by atoms with E-state index in [1.165, 1.54) is 36.6 Å². The van der Waals surface area contributed by atoms with Crippen LogP contribution in [0.4, 0.5) is 0 Å². The first kappa shape index (κ1) is 14.2. The molecular formula is C20H17SiV. The van der Waals surface area contributed by atoms with Crippen molar-refractivity contribution in [2.24, 2.45) is 0 Å². The van der Waals surface area contributed by atoms with Crippen molar-refractivity contribution in [1.82, 2.24) is 0 Å². The van der Waals surface area contributed by atoms with E-state index < -0.39 is 8.41 Å². The maximum atomic E-state index is 2.83. The Bertz CT molecular complexity index is 1070. The third-order valence-corrected chi connectivity index (χ3v) is 6.76. The van der Waals surface area contributed by atoms with Crippen molar-refractivity contribution in [3.05, 3.63) is 86.2 Å². The Morgan fingerprint density at radius 3 is 2.36 bits per heavy atom. The summed E-state index contributed by atoms with van der Waals surface area (Å²) in [6.45, 7) is 4.79. The molecule has 4 rings (SSSR count). The van der Waals surface area contributed by atoms with Gasteiger partial charge in [0.25, 0.3) is 0 Å². The molecule has 0 bridgehead atoms. The van der Waals surface area contributed by atoms with Crippen LogP contribution in [0.5, 0.6) is 0 Å². The summed E-state index contributed by atoms with van der Waals surface area (Å²) in [5.74, 6) is 0. The second-order valence-electron chi connectivity index (χ2n) is 6.13. The second kappa shape index (κ2) is 5.35. The summed E-state index contributed by atoms with van der Waals surface area (Å²) in [5.41, 5.74) is 4.45. The summed E-state index contributed by atoms with van der Waals surface area (Å²) in [6.07, 6.45) is 7.83. The molecule has 0 aromatic heterocycles. The van der Waals surface area contributed by atoms with Gasteiger partial charge in [-0.3, -0.25) is 0 Å². The van der Waals surface area contributed by atoms with Crippen molar-refractivity contribution in [1.29, 1.82) is 0 Å². The minimum atomic E-state index is -0.498. The van der Waals surface area contributed by atoms with E-state index in [1.54, 1.807) is 4.81 Å². The molecule has 2 aliphatic carbocycles. The van der Waals surface area contributed by atoms with Crippen molar-refractivity contribution in [2.45, 2.75) is 19.5 Å². The molecule has 106 valence electrons. The zero-order chi connectivity index (χ0) is 15.3. The summed E-state index contributed by atoms with van der Waals surface area (Å²) in [5, 5.41) is 4.16. The molecule has 0 saturated heterocycles. The van der Waals surface area contributed by atoms with Gasteiger partial charge in [-0.15, -0.1) is 0 Å².